The van der Waals surface area contributed by atoms with Crippen molar-refractivity contribution in [1.29, 1.82) is 0 Å². The third-order valence-corrected chi connectivity index (χ3v) is 3.54. The van der Waals surface area contributed by atoms with E-state index in [4.69, 9.17) is 9.47 Å². The van der Waals surface area contributed by atoms with Crippen LogP contribution in [0, 0.1) is 0 Å². The van der Waals surface area contributed by atoms with Gasteiger partial charge in [-0.3, -0.25) is 4.90 Å². The van der Waals surface area contributed by atoms with Crippen LogP contribution in [0.4, 0.5) is 4.39 Å². The molecule has 1 fully saturated rings. The lowest BCUT2D eigenvalue weighted by Crippen LogP contribution is -2.45. The summed E-state index contributed by atoms with van der Waals surface area (Å²) in [5.74, 6) is 1.36. The molecule has 0 saturated carbocycles. The van der Waals surface area contributed by atoms with Crippen LogP contribution in [0.25, 0.3) is 0 Å². The Kier molecular flexibility index (Phi) is 9.70. The molecule has 122 valence electrons. The zero-order valence-electron chi connectivity index (χ0n) is 12.3. The molecule has 0 spiro atoms. The van der Waals surface area contributed by atoms with Crippen molar-refractivity contribution < 1.29 is 13.9 Å². The van der Waals surface area contributed by atoms with Crippen molar-refractivity contribution in [3.05, 3.63) is 23.8 Å². The largest absolute Gasteiger partial charge is 0.496 e. The lowest BCUT2D eigenvalue weighted by Gasteiger charge is -2.34. The van der Waals surface area contributed by atoms with Crippen LogP contribution in [0.2, 0.25) is 0 Å². The summed E-state index contributed by atoms with van der Waals surface area (Å²) in [6.45, 7) is 2.98. The maximum atomic E-state index is 13.6. The molecular weight excluding hydrogens is 318 g/mol. The van der Waals surface area contributed by atoms with Gasteiger partial charge in [-0.25, -0.2) is 4.39 Å². The molecule has 1 N–H and O–H groups in total. The highest BCUT2D eigenvalue weighted by molar-refractivity contribution is 5.85. The Morgan fingerprint density at radius 1 is 1.14 bits per heavy atom. The summed E-state index contributed by atoms with van der Waals surface area (Å²) in [6, 6.07) is 5.24. The minimum atomic E-state index is -0.448. The third kappa shape index (κ3) is 4.61. The highest BCUT2D eigenvalue weighted by Crippen LogP contribution is 2.37. The Labute approximate surface area is 137 Å². The van der Waals surface area contributed by atoms with Gasteiger partial charge in [-0.1, -0.05) is 6.07 Å². The number of hydrogen-bond donors (Lipinski definition) is 1. The monoisotopic (exact) mass is 340 g/mol. The minimum Gasteiger partial charge on any atom is -0.496 e. The summed E-state index contributed by atoms with van der Waals surface area (Å²) in [6.07, 6.45) is 0. The predicted molar refractivity (Wildman–Crippen MR) is 87.2 cm³/mol. The van der Waals surface area contributed by atoms with E-state index in [-0.39, 0.29) is 30.9 Å². The van der Waals surface area contributed by atoms with E-state index in [1.807, 2.05) is 18.2 Å². The van der Waals surface area contributed by atoms with Gasteiger partial charge in [-0.2, -0.15) is 0 Å². The second-order valence-electron chi connectivity index (χ2n) is 4.53. The Hall–Kier alpha value is -0.750. The van der Waals surface area contributed by atoms with E-state index < -0.39 is 6.67 Å². The van der Waals surface area contributed by atoms with E-state index in [9.17, 15) is 4.39 Å². The van der Waals surface area contributed by atoms with Crippen LogP contribution < -0.4 is 14.8 Å². The molecule has 1 aliphatic heterocycles. The van der Waals surface area contributed by atoms with Crippen molar-refractivity contribution in [2.75, 3.05) is 47.1 Å². The molecule has 1 aliphatic rings. The predicted octanol–water partition coefficient (Wildman–Crippen LogP) is 2.46. The summed E-state index contributed by atoms with van der Waals surface area (Å²) >= 11 is 0. The van der Waals surface area contributed by atoms with Crippen molar-refractivity contribution in [3.63, 3.8) is 0 Å². The zero-order chi connectivity index (χ0) is 13.7. The fraction of sp³-hybridized carbons (Fsp3) is 0.571. The first-order valence-electron chi connectivity index (χ1n) is 6.53. The van der Waals surface area contributed by atoms with E-state index in [0.29, 0.717) is 11.5 Å². The maximum Gasteiger partial charge on any atom is 0.127 e. The first-order chi connectivity index (χ1) is 9.31. The van der Waals surface area contributed by atoms with Crippen molar-refractivity contribution in [1.82, 2.24) is 10.2 Å². The quantitative estimate of drug-likeness (QED) is 0.892. The van der Waals surface area contributed by atoms with Gasteiger partial charge in [0.15, 0.2) is 0 Å². The average molecular weight is 341 g/mol. The van der Waals surface area contributed by atoms with Crippen molar-refractivity contribution >= 4 is 24.8 Å². The molecule has 1 saturated heterocycles. The summed E-state index contributed by atoms with van der Waals surface area (Å²) in [4.78, 5) is 2.14. The first-order valence-corrected chi connectivity index (χ1v) is 6.53. The molecule has 1 aromatic rings. The number of piperazine rings is 1. The first kappa shape index (κ1) is 20.2. The maximum absolute atomic E-state index is 13.6. The van der Waals surface area contributed by atoms with Crippen LogP contribution in [0.15, 0.2) is 18.2 Å². The topological polar surface area (TPSA) is 33.7 Å². The molecule has 21 heavy (non-hydrogen) atoms. The second kappa shape index (κ2) is 10.1. The van der Waals surface area contributed by atoms with Gasteiger partial charge in [-0.05, 0) is 12.1 Å². The van der Waals surface area contributed by atoms with Crippen molar-refractivity contribution in [2.24, 2.45) is 0 Å². The van der Waals surface area contributed by atoms with Gasteiger partial charge < -0.3 is 14.8 Å². The molecule has 4 nitrogen and oxygen atoms in total. The van der Waals surface area contributed by atoms with Crippen LogP contribution in [0.1, 0.15) is 11.6 Å². The van der Waals surface area contributed by atoms with E-state index >= 15 is 0 Å². The number of methoxy groups -OCH3 is 2. The smallest absolute Gasteiger partial charge is 0.127 e. The molecule has 0 amide bonds. The molecule has 1 heterocycles. The number of benzene rings is 1. The standard InChI is InChI=1S/C14H21FN2O2.2ClH/c1-18-12-4-3-5-13(19-2)14(12)11(10-15)17-8-6-16-7-9-17;;/h3-5,11,16H,6-10H2,1-2H3;2*1H/t11-;;/m0../s1. The lowest BCUT2D eigenvalue weighted by atomic mass is 10.0. The van der Waals surface area contributed by atoms with E-state index in [1.54, 1.807) is 14.2 Å². The number of hydrogen-bond acceptors (Lipinski definition) is 4. The fourth-order valence-corrected chi connectivity index (χ4v) is 2.56. The Morgan fingerprint density at radius 3 is 2.10 bits per heavy atom. The fourth-order valence-electron chi connectivity index (χ4n) is 2.56. The van der Waals surface area contributed by atoms with Crippen molar-refractivity contribution in [2.45, 2.75) is 6.04 Å². The minimum absolute atomic E-state index is 0. The number of ether oxygens (including phenoxy) is 2. The van der Waals surface area contributed by atoms with Gasteiger partial charge in [0.25, 0.3) is 0 Å². The van der Waals surface area contributed by atoms with Gasteiger partial charge in [-0.15, -0.1) is 24.8 Å². The van der Waals surface area contributed by atoms with Crippen molar-refractivity contribution in [3.8, 4) is 11.5 Å². The van der Waals surface area contributed by atoms with Crippen LogP contribution in [0.3, 0.4) is 0 Å². The summed E-state index contributed by atoms with van der Waals surface area (Å²) in [7, 11) is 3.21. The molecular formula is C14H23Cl2FN2O2. The van der Waals surface area contributed by atoms with Gasteiger partial charge in [0, 0.05) is 26.2 Å². The number of nitrogens with one attached hydrogen (secondary N) is 1. The molecule has 0 unspecified atom stereocenters. The Balaban J connectivity index is 0.00000200. The van der Waals surface area contributed by atoms with Crippen LogP contribution in [0.5, 0.6) is 11.5 Å². The highest BCUT2D eigenvalue weighted by atomic mass is 35.5. The van der Waals surface area contributed by atoms with Gasteiger partial charge >= 0.3 is 0 Å². The molecule has 7 heteroatoms. The third-order valence-electron chi connectivity index (χ3n) is 3.54. The van der Waals surface area contributed by atoms with Gasteiger partial charge in [0.1, 0.15) is 18.2 Å². The summed E-state index contributed by atoms with van der Waals surface area (Å²) in [5, 5.41) is 3.28. The van der Waals surface area contributed by atoms with E-state index in [1.165, 1.54) is 0 Å². The normalized spacial score (nSPS) is 16.3. The molecule has 0 bridgehead atoms. The Bertz CT molecular complexity index is 396. The second-order valence-corrected chi connectivity index (χ2v) is 4.53. The van der Waals surface area contributed by atoms with Gasteiger partial charge in [0.2, 0.25) is 0 Å². The summed E-state index contributed by atoms with van der Waals surface area (Å²) < 4.78 is 24.3. The molecule has 1 atom stereocenters. The number of nitrogens with zero attached hydrogens (tertiary/aromatic N) is 1. The SMILES string of the molecule is COc1cccc(OC)c1[C@H](CF)N1CCNCC1.Cl.Cl. The van der Waals surface area contributed by atoms with Crippen LogP contribution in [-0.2, 0) is 0 Å². The van der Waals surface area contributed by atoms with Gasteiger partial charge in [0.05, 0.1) is 25.8 Å². The molecule has 0 radical (unpaired) electrons. The molecule has 0 aliphatic carbocycles. The molecule has 0 aromatic heterocycles. The zero-order valence-corrected chi connectivity index (χ0v) is 13.9. The molecule has 1 aromatic carbocycles. The van der Waals surface area contributed by atoms with Crippen LogP contribution >= 0.6 is 24.8 Å². The van der Waals surface area contributed by atoms with Crippen LogP contribution in [-0.4, -0.2) is 52.0 Å². The molecule has 2 rings (SSSR count). The summed E-state index contributed by atoms with van der Waals surface area (Å²) in [5.41, 5.74) is 0.803. The Morgan fingerprint density at radius 2 is 1.67 bits per heavy atom. The number of halogens is 3. The number of alkyl halides is 1. The highest BCUT2D eigenvalue weighted by Gasteiger charge is 2.27. The lowest BCUT2D eigenvalue weighted by molar-refractivity contribution is 0.142. The van der Waals surface area contributed by atoms with E-state index in [2.05, 4.69) is 10.2 Å². The number of rotatable bonds is 5. The van der Waals surface area contributed by atoms with E-state index in [0.717, 1.165) is 31.7 Å². The average Bonchev–Trinajstić information content (AvgIpc) is 2.49.